The molecule has 172 valence electrons. The van der Waals surface area contributed by atoms with Crippen LogP contribution in [0.4, 0.5) is 0 Å². The van der Waals surface area contributed by atoms with Crippen molar-refractivity contribution in [2.45, 2.75) is 26.2 Å². The van der Waals surface area contributed by atoms with Gasteiger partial charge in [0.1, 0.15) is 11.2 Å². The summed E-state index contributed by atoms with van der Waals surface area (Å²) in [5.74, 6) is -0.0667. The largest absolute Gasteiger partial charge is 0.464 e. The third-order valence-corrected chi connectivity index (χ3v) is 6.09. The van der Waals surface area contributed by atoms with Crippen molar-refractivity contribution >= 4 is 39.4 Å². The predicted octanol–water partition coefficient (Wildman–Crippen LogP) is 5.17. The van der Waals surface area contributed by atoms with E-state index >= 15 is 0 Å². The molecule has 0 bridgehead atoms. The highest BCUT2D eigenvalue weighted by Gasteiger charge is 2.16. The first kappa shape index (κ1) is 23.1. The summed E-state index contributed by atoms with van der Waals surface area (Å²) in [6, 6.07) is 11.3. The topological polar surface area (TPSA) is 75.7 Å². The van der Waals surface area contributed by atoms with Gasteiger partial charge in [-0.1, -0.05) is 23.7 Å². The summed E-state index contributed by atoms with van der Waals surface area (Å²) in [5, 5.41) is 5.34. The second-order valence-corrected chi connectivity index (χ2v) is 8.94. The van der Waals surface area contributed by atoms with Crippen LogP contribution in [0.15, 0.2) is 56.3 Å². The summed E-state index contributed by atoms with van der Waals surface area (Å²) < 4.78 is 11.3. The van der Waals surface area contributed by atoms with E-state index in [9.17, 15) is 9.59 Å². The quantitative estimate of drug-likeness (QED) is 0.286. The molecule has 4 aromatic rings. The molecule has 0 saturated heterocycles. The fourth-order valence-corrected chi connectivity index (χ4v) is 4.13. The molecule has 1 N–H and O–H groups in total. The van der Waals surface area contributed by atoms with Crippen molar-refractivity contribution < 1.29 is 13.6 Å². The van der Waals surface area contributed by atoms with Gasteiger partial charge < -0.3 is 19.1 Å². The number of amides is 1. The Hall–Kier alpha value is -3.09. The highest BCUT2D eigenvalue weighted by atomic mass is 35.5. The molecule has 7 heteroatoms. The first-order valence-electron chi connectivity index (χ1n) is 11.0. The molecule has 2 aromatic carbocycles. The number of nitrogens with one attached hydrogen (secondary N) is 1. The average Bonchev–Trinajstić information content (AvgIpc) is 3.18. The van der Waals surface area contributed by atoms with Gasteiger partial charge in [0.25, 0.3) is 0 Å². The second-order valence-electron chi connectivity index (χ2n) is 8.50. The van der Waals surface area contributed by atoms with E-state index in [1.54, 1.807) is 12.3 Å². The Morgan fingerprint density at radius 3 is 2.58 bits per heavy atom. The number of carbonyl (C=O) groups is 1. The Labute approximate surface area is 197 Å². The van der Waals surface area contributed by atoms with Crippen LogP contribution in [0.5, 0.6) is 0 Å². The molecule has 0 atom stereocenters. The van der Waals surface area contributed by atoms with E-state index < -0.39 is 5.63 Å². The number of furan rings is 1. The van der Waals surface area contributed by atoms with Crippen LogP contribution >= 0.6 is 11.6 Å². The molecule has 0 spiro atoms. The van der Waals surface area contributed by atoms with Crippen LogP contribution in [0.25, 0.3) is 33.1 Å². The smallest absolute Gasteiger partial charge is 0.339 e. The van der Waals surface area contributed by atoms with Crippen molar-refractivity contribution in [2.75, 3.05) is 27.2 Å². The zero-order valence-electron chi connectivity index (χ0n) is 19.0. The molecule has 1 amide bonds. The maximum Gasteiger partial charge on any atom is 0.339 e. The van der Waals surface area contributed by atoms with Gasteiger partial charge in [0.15, 0.2) is 0 Å². The van der Waals surface area contributed by atoms with E-state index in [1.165, 1.54) is 0 Å². The van der Waals surface area contributed by atoms with E-state index in [2.05, 4.69) is 10.2 Å². The van der Waals surface area contributed by atoms with Gasteiger partial charge in [0.2, 0.25) is 5.91 Å². The summed E-state index contributed by atoms with van der Waals surface area (Å²) in [7, 11) is 4.00. The normalized spacial score (nSPS) is 11.5. The van der Waals surface area contributed by atoms with Crippen molar-refractivity contribution in [3.63, 3.8) is 0 Å². The minimum absolute atomic E-state index is 0.0667. The minimum atomic E-state index is -0.413. The fraction of sp³-hybridized carbons (Fsp3) is 0.308. The number of halogens is 1. The van der Waals surface area contributed by atoms with Gasteiger partial charge in [0, 0.05) is 46.0 Å². The first-order chi connectivity index (χ1) is 15.8. The summed E-state index contributed by atoms with van der Waals surface area (Å²) in [5.41, 5.74) is 3.98. The number of hydrogen-bond donors (Lipinski definition) is 1. The fourth-order valence-electron chi connectivity index (χ4n) is 4.00. The minimum Gasteiger partial charge on any atom is -0.464 e. The summed E-state index contributed by atoms with van der Waals surface area (Å²) in [6.45, 7) is 3.43. The lowest BCUT2D eigenvalue weighted by molar-refractivity contribution is -0.121. The standard InChI is InChI=1S/C26H27ClN2O4/c1-16-19(9-10-25(30)28-11-4-12-29(2)3)26(31)33-24-14-23-21(13-20(16)24)22(15-32-23)17-5-7-18(27)8-6-17/h5-8,13-15H,4,9-12H2,1-3H3,(H,28,30). The van der Waals surface area contributed by atoms with Gasteiger partial charge in [-0.15, -0.1) is 0 Å². The van der Waals surface area contributed by atoms with Crippen molar-refractivity contribution in [2.24, 2.45) is 0 Å². The van der Waals surface area contributed by atoms with Crippen LogP contribution in [0.1, 0.15) is 24.0 Å². The van der Waals surface area contributed by atoms with E-state index in [1.807, 2.05) is 51.4 Å². The molecule has 4 rings (SSSR count). The summed E-state index contributed by atoms with van der Waals surface area (Å²) in [4.78, 5) is 27.0. The highest BCUT2D eigenvalue weighted by molar-refractivity contribution is 6.30. The maximum atomic E-state index is 12.6. The number of fused-ring (bicyclic) bond motifs is 2. The molecule has 0 fully saturated rings. The third-order valence-electron chi connectivity index (χ3n) is 5.84. The van der Waals surface area contributed by atoms with E-state index in [-0.39, 0.29) is 12.3 Å². The first-order valence-corrected chi connectivity index (χ1v) is 11.4. The number of benzene rings is 2. The Kier molecular flexibility index (Phi) is 6.86. The molecule has 0 unspecified atom stereocenters. The van der Waals surface area contributed by atoms with E-state index in [0.29, 0.717) is 34.7 Å². The van der Waals surface area contributed by atoms with Crippen LogP contribution in [-0.2, 0) is 11.2 Å². The number of carbonyl (C=O) groups excluding carboxylic acids is 1. The molecule has 6 nitrogen and oxygen atoms in total. The lowest BCUT2D eigenvalue weighted by atomic mass is 9.99. The van der Waals surface area contributed by atoms with E-state index in [4.69, 9.17) is 20.4 Å². The van der Waals surface area contributed by atoms with E-state index in [0.717, 1.165) is 40.4 Å². The Morgan fingerprint density at radius 2 is 1.85 bits per heavy atom. The van der Waals surface area contributed by atoms with Gasteiger partial charge in [-0.25, -0.2) is 4.79 Å². The SMILES string of the molecule is Cc1c(CCC(=O)NCCCN(C)C)c(=O)oc2cc3occ(-c4ccc(Cl)cc4)c3cc12. The van der Waals surface area contributed by atoms with Crippen molar-refractivity contribution in [3.8, 4) is 11.1 Å². The van der Waals surface area contributed by atoms with Crippen LogP contribution in [0.3, 0.4) is 0 Å². The Bertz CT molecular complexity index is 1350. The zero-order valence-corrected chi connectivity index (χ0v) is 19.8. The molecule has 0 saturated carbocycles. The van der Waals surface area contributed by atoms with Crippen molar-refractivity contribution in [1.29, 1.82) is 0 Å². The lowest BCUT2D eigenvalue weighted by Gasteiger charge is -2.10. The molecule has 2 heterocycles. The molecular weight excluding hydrogens is 440 g/mol. The van der Waals surface area contributed by atoms with Crippen molar-refractivity contribution in [3.05, 3.63) is 69.2 Å². The van der Waals surface area contributed by atoms with Gasteiger partial charge in [-0.3, -0.25) is 4.79 Å². The molecule has 0 aliphatic heterocycles. The molecule has 0 radical (unpaired) electrons. The average molecular weight is 467 g/mol. The monoisotopic (exact) mass is 466 g/mol. The van der Waals surface area contributed by atoms with Crippen LogP contribution < -0.4 is 10.9 Å². The molecule has 2 aromatic heterocycles. The predicted molar refractivity (Wildman–Crippen MR) is 132 cm³/mol. The van der Waals surface area contributed by atoms with Gasteiger partial charge >= 0.3 is 5.63 Å². The number of hydrogen-bond acceptors (Lipinski definition) is 5. The molecular formula is C26H27ClN2O4. The van der Waals surface area contributed by atoms with Gasteiger partial charge in [-0.2, -0.15) is 0 Å². The summed E-state index contributed by atoms with van der Waals surface area (Å²) >= 11 is 6.03. The van der Waals surface area contributed by atoms with Crippen molar-refractivity contribution in [1.82, 2.24) is 10.2 Å². The molecule has 0 aliphatic rings. The second kappa shape index (κ2) is 9.81. The van der Waals surface area contributed by atoms with Crippen LogP contribution in [-0.4, -0.2) is 38.0 Å². The maximum absolute atomic E-state index is 12.6. The zero-order chi connectivity index (χ0) is 23.5. The highest BCUT2D eigenvalue weighted by Crippen LogP contribution is 2.35. The lowest BCUT2D eigenvalue weighted by Crippen LogP contribution is -2.27. The molecule has 0 aliphatic carbocycles. The number of rotatable bonds is 8. The number of nitrogens with zero attached hydrogens (tertiary/aromatic N) is 1. The van der Waals surface area contributed by atoms with Gasteiger partial charge in [-0.05, 0) is 69.7 Å². The molecule has 33 heavy (non-hydrogen) atoms. The Morgan fingerprint density at radius 1 is 1.09 bits per heavy atom. The van der Waals surface area contributed by atoms with Crippen LogP contribution in [0.2, 0.25) is 5.02 Å². The van der Waals surface area contributed by atoms with Gasteiger partial charge in [0.05, 0.1) is 6.26 Å². The summed E-state index contributed by atoms with van der Waals surface area (Å²) in [6.07, 6.45) is 3.15. The Balaban J connectivity index is 1.60. The third kappa shape index (κ3) is 5.13. The number of aryl methyl sites for hydroxylation is 1. The van der Waals surface area contributed by atoms with Crippen LogP contribution in [0, 0.1) is 6.92 Å².